The molecule has 0 bridgehead atoms. The molecule has 0 saturated heterocycles. The Bertz CT molecular complexity index is 540. The molecule has 4 nitrogen and oxygen atoms in total. The lowest BCUT2D eigenvalue weighted by Crippen LogP contribution is -2.29. The molecule has 0 fully saturated rings. The third-order valence-corrected chi connectivity index (χ3v) is 2.77. The summed E-state index contributed by atoms with van der Waals surface area (Å²) in [5.41, 5.74) is 2.42. The lowest BCUT2D eigenvalue weighted by Gasteiger charge is -2.08. The van der Waals surface area contributed by atoms with Gasteiger partial charge in [0, 0.05) is 30.7 Å². The Labute approximate surface area is 112 Å². The molecule has 0 aliphatic heterocycles. The van der Waals surface area contributed by atoms with Gasteiger partial charge in [0.15, 0.2) is 0 Å². The summed E-state index contributed by atoms with van der Waals surface area (Å²) in [6.45, 7) is 3.09. The third kappa shape index (κ3) is 3.81. The molecule has 0 spiro atoms. The predicted molar refractivity (Wildman–Crippen MR) is 76.2 cm³/mol. The van der Waals surface area contributed by atoms with E-state index in [1.807, 2.05) is 37.3 Å². The van der Waals surface area contributed by atoms with E-state index in [0.717, 1.165) is 11.4 Å². The first-order valence-electron chi connectivity index (χ1n) is 6.26. The SMILES string of the molecule is Cc1ncccc1C(=O)NCCNc1ccccc1. The summed E-state index contributed by atoms with van der Waals surface area (Å²) in [4.78, 5) is 16.0. The number of carbonyl (C=O) groups excluding carboxylic acids is 1. The van der Waals surface area contributed by atoms with Crippen LogP contribution in [0.25, 0.3) is 0 Å². The number of amides is 1. The summed E-state index contributed by atoms with van der Waals surface area (Å²) >= 11 is 0. The van der Waals surface area contributed by atoms with Gasteiger partial charge in [0.05, 0.1) is 5.56 Å². The van der Waals surface area contributed by atoms with Crippen LogP contribution in [0.2, 0.25) is 0 Å². The van der Waals surface area contributed by atoms with Gasteiger partial charge in [0.2, 0.25) is 0 Å². The zero-order valence-corrected chi connectivity index (χ0v) is 10.9. The van der Waals surface area contributed by atoms with Crippen LogP contribution in [0.1, 0.15) is 16.1 Å². The fourth-order valence-electron chi connectivity index (χ4n) is 1.76. The van der Waals surface area contributed by atoms with Crippen molar-refractivity contribution in [2.45, 2.75) is 6.92 Å². The topological polar surface area (TPSA) is 54.0 Å². The molecule has 0 aliphatic carbocycles. The Morgan fingerprint density at radius 2 is 1.89 bits per heavy atom. The van der Waals surface area contributed by atoms with Gasteiger partial charge in [-0.05, 0) is 31.2 Å². The van der Waals surface area contributed by atoms with Crippen molar-refractivity contribution >= 4 is 11.6 Å². The number of para-hydroxylation sites is 1. The smallest absolute Gasteiger partial charge is 0.253 e. The maximum atomic E-state index is 11.9. The molecule has 0 radical (unpaired) electrons. The second-order valence-electron chi connectivity index (χ2n) is 4.19. The minimum Gasteiger partial charge on any atom is -0.383 e. The van der Waals surface area contributed by atoms with Gasteiger partial charge in [-0.3, -0.25) is 9.78 Å². The van der Waals surface area contributed by atoms with Gasteiger partial charge < -0.3 is 10.6 Å². The van der Waals surface area contributed by atoms with Crippen LogP contribution in [0.3, 0.4) is 0 Å². The van der Waals surface area contributed by atoms with E-state index < -0.39 is 0 Å². The number of nitrogens with one attached hydrogen (secondary N) is 2. The Morgan fingerprint density at radius 1 is 1.11 bits per heavy atom. The molecule has 0 atom stereocenters. The van der Waals surface area contributed by atoms with Crippen LogP contribution in [0.4, 0.5) is 5.69 Å². The van der Waals surface area contributed by atoms with Crippen LogP contribution >= 0.6 is 0 Å². The zero-order valence-electron chi connectivity index (χ0n) is 10.9. The van der Waals surface area contributed by atoms with E-state index in [0.29, 0.717) is 18.7 Å². The van der Waals surface area contributed by atoms with Gasteiger partial charge in [-0.1, -0.05) is 18.2 Å². The normalized spacial score (nSPS) is 9.95. The molecule has 1 aromatic heterocycles. The fourth-order valence-corrected chi connectivity index (χ4v) is 1.76. The van der Waals surface area contributed by atoms with Crippen LogP contribution < -0.4 is 10.6 Å². The van der Waals surface area contributed by atoms with Crippen LogP contribution in [0.5, 0.6) is 0 Å². The van der Waals surface area contributed by atoms with E-state index in [1.54, 1.807) is 18.3 Å². The molecule has 1 amide bonds. The van der Waals surface area contributed by atoms with E-state index in [1.165, 1.54) is 0 Å². The summed E-state index contributed by atoms with van der Waals surface area (Å²) in [6.07, 6.45) is 1.68. The Kier molecular flexibility index (Phi) is 4.50. The highest BCUT2D eigenvalue weighted by molar-refractivity contribution is 5.95. The molecule has 98 valence electrons. The molecule has 0 saturated carbocycles. The first-order valence-corrected chi connectivity index (χ1v) is 6.26. The highest BCUT2D eigenvalue weighted by Crippen LogP contribution is 2.04. The van der Waals surface area contributed by atoms with E-state index in [2.05, 4.69) is 15.6 Å². The lowest BCUT2D eigenvalue weighted by molar-refractivity contribution is 0.0954. The number of anilines is 1. The van der Waals surface area contributed by atoms with Crippen molar-refractivity contribution in [1.29, 1.82) is 0 Å². The molecule has 2 rings (SSSR count). The number of carbonyl (C=O) groups is 1. The second-order valence-corrected chi connectivity index (χ2v) is 4.19. The molecule has 19 heavy (non-hydrogen) atoms. The van der Waals surface area contributed by atoms with Gasteiger partial charge in [0.1, 0.15) is 0 Å². The first-order chi connectivity index (χ1) is 9.27. The number of nitrogens with zero attached hydrogens (tertiary/aromatic N) is 1. The first kappa shape index (κ1) is 13.1. The van der Waals surface area contributed by atoms with E-state index in [-0.39, 0.29) is 5.91 Å². The molecular formula is C15H17N3O. The summed E-state index contributed by atoms with van der Waals surface area (Å²) in [7, 11) is 0. The number of hydrogen-bond acceptors (Lipinski definition) is 3. The number of aryl methyl sites for hydroxylation is 1. The average Bonchev–Trinajstić information content (AvgIpc) is 2.45. The standard InChI is InChI=1S/C15H17N3O/c1-12-14(8-5-9-16-12)15(19)18-11-10-17-13-6-3-2-4-7-13/h2-9,17H,10-11H2,1H3,(H,18,19). The van der Waals surface area contributed by atoms with Crippen molar-refractivity contribution in [3.63, 3.8) is 0 Å². The maximum absolute atomic E-state index is 11.9. The van der Waals surface area contributed by atoms with Gasteiger partial charge in [0.25, 0.3) is 5.91 Å². The second kappa shape index (κ2) is 6.54. The van der Waals surface area contributed by atoms with Crippen LogP contribution in [-0.4, -0.2) is 24.0 Å². The predicted octanol–water partition coefficient (Wildman–Crippen LogP) is 2.23. The van der Waals surface area contributed by atoms with Crippen LogP contribution in [0.15, 0.2) is 48.7 Å². The fraction of sp³-hybridized carbons (Fsp3) is 0.200. The minimum absolute atomic E-state index is 0.0829. The minimum atomic E-state index is -0.0829. The van der Waals surface area contributed by atoms with E-state index in [9.17, 15) is 4.79 Å². The van der Waals surface area contributed by atoms with Crippen molar-refractivity contribution in [2.75, 3.05) is 18.4 Å². The molecular weight excluding hydrogens is 238 g/mol. The molecule has 4 heteroatoms. The van der Waals surface area contributed by atoms with Gasteiger partial charge >= 0.3 is 0 Å². The largest absolute Gasteiger partial charge is 0.383 e. The number of aromatic nitrogens is 1. The number of hydrogen-bond donors (Lipinski definition) is 2. The van der Waals surface area contributed by atoms with Crippen molar-refractivity contribution in [2.24, 2.45) is 0 Å². The maximum Gasteiger partial charge on any atom is 0.253 e. The Hall–Kier alpha value is -2.36. The quantitative estimate of drug-likeness (QED) is 0.806. The number of rotatable bonds is 5. The summed E-state index contributed by atoms with van der Waals surface area (Å²) in [5.74, 6) is -0.0829. The molecule has 2 N–H and O–H groups in total. The summed E-state index contributed by atoms with van der Waals surface area (Å²) < 4.78 is 0. The summed E-state index contributed by atoms with van der Waals surface area (Å²) in [6, 6.07) is 13.4. The highest BCUT2D eigenvalue weighted by atomic mass is 16.1. The van der Waals surface area contributed by atoms with Crippen molar-refractivity contribution in [1.82, 2.24) is 10.3 Å². The molecule has 0 aliphatic rings. The highest BCUT2D eigenvalue weighted by Gasteiger charge is 2.07. The lowest BCUT2D eigenvalue weighted by atomic mass is 10.2. The average molecular weight is 255 g/mol. The Morgan fingerprint density at radius 3 is 2.63 bits per heavy atom. The molecule has 1 heterocycles. The van der Waals surface area contributed by atoms with Crippen molar-refractivity contribution in [3.05, 3.63) is 59.9 Å². The number of benzene rings is 1. The molecule has 0 unspecified atom stereocenters. The molecule has 2 aromatic rings. The monoisotopic (exact) mass is 255 g/mol. The summed E-state index contributed by atoms with van der Waals surface area (Å²) in [5, 5.41) is 6.10. The van der Waals surface area contributed by atoms with Crippen molar-refractivity contribution < 1.29 is 4.79 Å². The van der Waals surface area contributed by atoms with E-state index in [4.69, 9.17) is 0 Å². The van der Waals surface area contributed by atoms with Crippen LogP contribution in [0, 0.1) is 6.92 Å². The number of pyridine rings is 1. The third-order valence-electron chi connectivity index (χ3n) is 2.77. The van der Waals surface area contributed by atoms with E-state index >= 15 is 0 Å². The van der Waals surface area contributed by atoms with Gasteiger partial charge in [-0.25, -0.2) is 0 Å². The van der Waals surface area contributed by atoms with Gasteiger partial charge in [-0.15, -0.1) is 0 Å². The Balaban J connectivity index is 1.77. The molecule has 1 aromatic carbocycles. The van der Waals surface area contributed by atoms with Crippen molar-refractivity contribution in [3.8, 4) is 0 Å². The van der Waals surface area contributed by atoms with Crippen LogP contribution in [-0.2, 0) is 0 Å². The van der Waals surface area contributed by atoms with Gasteiger partial charge in [-0.2, -0.15) is 0 Å². The zero-order chi connectivity index (χ0) is 13.5.